The minimum absolute atomic E-state index is 0. The zero-order chi connectivity index (χ0) is 10.9. The first-order chi connectivity index (χ1) is 6.62. The highest BCUT2D eigenvalue weighted by Gasteiger charge is 2.13. The predicted octanol–water partition coefficient (Wildman–Crippen LogP) is -2.62. The minimum Gasteiger partial charge on any atom is -1.00 e. The van der Waals surface area contributed by atoms with Gasteiger partial charge in [0.05, 0.1) is 40.5 Å². The van der Waals surface area contributed by atoms with Crippen LogP contribution in [0.25, 0.3) is 0 Å². The number of hydrogen-bond acceptors (Lipinski definition) is 3. The van der Waals surface area contributed by atoms with Crippen LogP contribution >= 0.6 is 0 Å². The molecule has 0 aromatic heterocycles. The summed E-state index contributed by atoms with van der Waals surface area (Å²) in [6.45, 7) is 4.95. The van der Waals surface area contributed by atoms with E-state index in [4.69, 9.17) is 14.2 Å². The average Bonchev–Trinajstić information content (AvgIpc) is 2.15. The maximum Gasteiger partial charge on any atom is 0.102 e. The predicted molar refractivity (Wildman–Crippen MR) is 56.4 cm³/mol. The van der Waals surface area contributed by atoms with Gasteiger partial charge in [0, 0.05) is 14.2 Å². The summed E-state index contributed by atoms with van der Waals surface area (Å²) in [5.41, 5.74) is 0. The number of nitrogens with zero attached hydrogens (tertiary/aromatic N) is 1. The lowest BCUT2D eigenvalue weighted by atomic mass is 10.4. The molecule has 0 rings (SSSR count). The average molecular weight is 286 g/mol. The zero-order valence-electron chi connectivity index (χ0n) is 10.3. The van der Waals surface area contributed by atoms with Crippen LogP contribution in [0.2, 0.25) is 0 Å². The number of ether oxygens (including phenoxy) is 3. The number of methoxy groups -OCH3 is 2. The second-order valence-corrected chi connectivity index (χ2v) is 3.98. The Morgan fingerprint density at radius 3 is 1.87 bits per heavy atom. The summed E-state index contributed by atoms with van der Waals surface area (Å²) in [4.78, 5) is 0. The van der Waals surface area contributed by atoms with Crippen LogP contribution in [0.15, 0.2) is 0 Å². The summed E-state index contributed by atoms with van der Waals surface area (Å²) < 4.78 is 16.3. The molecule has 0 bridgehead atoms. The summed E-state index contributed by atoms with van der Waals surface area (Å²) in [5, 5.41) is 0. The van der Waals surface area contributed by atoms with Gasteiger partial charge in [0.15, 0.2) is 0 Å². The molecule has 15 heavy (non-hydrogen) atoms. The van der Waals surface area contributed by atoms with Gasteiger partial charge in [-0.15, -0.1) is 0 Å². The molecule has 94 valence electrons. The number of hydrogen-bond donors (Lipinski definition) is 0. The molecule has 0 fully saturated rings. The van der Waals surface area contributed by atoms with Crippen molar-refractivity contribution in [3.63, 3.8) is 0 Å². The Morgan fingerprint density at radius 2 is 1.33 bits per heavy atom. The third kappa shape index (κ3) is 12.3. The van der Waals surface area contributed by atoms with Gasteiger partial charge in [0.2, 0.25) is 0 Å². The van der Waals surface area contributed by atoms with Crippen molar-refractivity contribution in [2.24, 2.45) is 0 Å². The van der Waals surface area contributed by atoms with E-state index in [0.717, 1.165) is 30.8 Å². The smallest absolute Gasteiger partial charge is 0.102 e. The van der Waals surface area contributed by atoms with E-state index in [9.17, 15) is 0 Å². The first kappa shape index (κ1) is 17.7. The summed E-state index contributed by atoms with van der Waals surface area (Å²) in [5.74, 6) is 0. The first-order valence-corrected chi connectivity index (χ1v) is 5.00. The number of rotatable bonds is 9. The molecular formula is C10H24BrNO3. The number of likely N-dealkylation sites (N-methyl/N-ethyl adjacent to an activating group) is 1. The normalized spacial score (nSPS) is 11.2. The zero-order valence-corrected chi connectivity index (χ0v) is 11.9. The maximum absolute atomic E-state index is 5.41. The lowest BCUT2D eigenvalue weighted by Crippen LogP contribution is -3.00. The fourth-order valence-corrected chi connectivity index (χ4v) is 1.01. The molecule has 0 aromatic rings. The van der Waals surface area contributed by atoms with Gasteiger partial charge < -0.3 is 35.7 Å². The summed E-state index contributed by atoms with van der Waals surface area (Å²) in [6.07, 6.45) is 0. The SMILES string of the molecule is COCCOCC[N+](C)(C)CCOC.[Br-]. The van der Waals surface area contributed by atoms with E-state index in [-0.39, 0.29) is 17.0 Å². The van der Waals surface area contributed by atoms with Crippen LogP contribution in [0.5, 0.6) is 0 Å². The molecule has 0 aliphatic rings. The molecule has 0 aliphatic heterocycles. The van der Waals surface area contributed by atoms with Crippen LogP contribution in [0.3, 0.4) is 0 Å². The van der Waals surface area contributed by atoms with E-state index in [1.165, 1.54) is 0 Å². The molecule has 0 amide bonds. The van der Waals surface area contributed by atoms with Gasteiger partial charge in [0.25, 0.3) is 0 Å². The van der Waals surface area contributed by atoms with Gasteiger partial charge >= 0.3 is 0 Å². The largest absolute Gasteiger partial charge is 1.00 e. The molecule has 5 heteroatoms. The standard InChI is InChI=1S/C10H24NO3.BrH/c1-11(2,5-7-12-3)6-8-14-10-9-13-4;/h5-10H2,1-4H3;1H/q+1;/p-1. The lowest BCUT2D eigenvalue weighted by Gasteiger charge is -2.29. The summed E-state index contributed by atoms with van der Waals surface area (Å²) >= 11 is 0. The fourth-order valence-electron chi connectivity index (χ4n) is 1.01. The van der Waals surface area contributed by atoms with Crippen LogP contribution in [-0.2, 0) is 14.2 Å². The van der Waals surface area contributed by atoms with Crippen molar-refractivity contribution < 1.29 is 35.7 Å². The molecule has 0 aromatic carbocycles. The van der Waals surface area contributed by atoms with E-state index in [2.05, 4.69) is 14.1 Å². The second-order valence-electron chi connectivity index (χ2n) is 3.98. The van der Waals surface area contributed by atoms with Crippen LogP contribution in [0.4, 0.5) is 0 Å². The van der Waals surface area contributed by atoms with Gasteiger partial charge in [0.1, 0.15) is 13.1 Å². The molecule has 4 nitrogen and oxygen atoms in total. The second kappa shape index (κ2) is 10.8. The lowest BCUT2D eigenvalue weighted by molar-refractivity contribution is -0.891. The Kier molecular flexibility index (Phi) is 12.8. The van der Waals surface area contributed by atoms with Gasteiger partial charge in [-0.25, -0.2) is 0 Å². The Morgan fingerprint density at radius 1 is 0.800 bits per heavy atom. The molecule has 0 saturated heterocycles. The molecule has 0 aliphatic carbocycles. The highest BCUT2D eigenvalue weighted by molar-refractivity contribution is 4.35. The molecular weight excluding hydrogens is 262 g/mol. The highest BCUT2D eigenvalue weighted by atomic mass is 79.9. The monoisotopic (exact) mass is 285 g/mol. The highest BCUT2D eigenvalue weighted by Crippen LogP contribution is 1.96. The third-order valence-corrected chi connectivity index (χ3v) is 2.17. The van der Waals surface area contributed by atoms with E-state index in [1.54, 1.807) is 14.2 Å². The van der Waals surface area contributed by atoms with E-state index < -0.39 is 0 Å². The molecule has 0 saturated carbocycles. The fraction of sp³-hybridized carbons (Fsp3) is 1.00. The Bertz CT molecular complexity index is 134. The maximum atomic E-state index is 5.41. The summed E-state index contributed by atoms with van der Waals surface area (Å²) in [6, 6.07) is 0. The van der Waals surface area contributed by atoms with Gasteiger partial charge in [-0.3, -0.25) is 0 Å². The number of halogens is 1. The third-order valence-electron chi connectivity index (χ3n) is 2.17. The first-order valence-electron chi connectivity index (χ1n) is 5.00. The molecule has 0 radical (unpaired) electrons. The Labute approximate surface area is 104 Å². The topological polar surface area (TPSA) is 27.7 Å². The summed E-state index contributed by atoms with van der Waals surface area (Å²) in [7, 11) is 7.77. The van der Waals surface area contributed by atoms with Crippen LogP contribution < -0.4 is 17.0 Å². The van der Waals surface area contributed by atoms with Crippen molar-refractivity contribution in [2.75, 3.05) is 67.8 Å². The van der Waals surface area contributed by atoms with E-state index >= 15 is 0 Å². The van der Waals surface area contributed by atoms with Crippen molar-refractivity contribution in [3.05, 3.63) is 0 Å². The number of quaternary nitrogens is 1. The minimum atomic E-state index is 0. The van der Waals surface area contributed by atoms with Crippen molar-refractivity contribution in [1.82, 2.24) is 0 Å². The van der Waals surface area contributed by atoms with E-state index in [0.29, 0.717) is 13.2 Å². The van der Waals surface area contributed by atoms with E-state index in [1.807, 2.05) is 0 Å². The Balaban J connectivity index is 0. The molecule has 0 heterocycles. The molecule has 0 atom stereocenters. The van der Waals surface area contributed by atoms with Crippen LogP contribution in [-0.4, -0.2) is 72.3 Å². The van der Waals surface area contributed by atoms with Gasteiger partial charge in [-0.05, 0) is 0 Å². The molecule has 0 spiro atoms. The van der Waals surface area contributed by atoms with Crippen molar-refractivity contribution in [1.29, 1.82) is 0 Å². The van der Waals surface area contributed by atoms with Crippen molar-refractivity contribution >= 4 is 0 Å². The van der Waals surface area contributed by atoms with Crippen molar-refractivity contribution in [3.8, 4) is 0 Å². The van der Waals surface area contributed by atoms with Crippen LogP contribution in [0.1, 0.15) is 0 Å². The van der Waals surface area contributed by atoms with Gasteiger partial charge in [-0.1, -0.05) is 0 Å². The van der Waals surface area contributed by atoms with Crippen molar-refractivity contribution in [2.45, 2.75) is 0 Å². The van der Waals surface area contributed by atoms with Crippen LogP contribution in [0, 0.1) is 0 Å². The quantitative estimate of drug-likeness (QED) is 0.343. The molecule has 0 unspecified atom stereocenters. The van der Waals surface area contributed by atoms with Gasteiger partial charge in [-0.2, -0.15) is 0 Å². The Hall–Kier alpha value is 0.320. The molecule has 0 N–H and O–H groups in total.